The average molecular weight is 266 g/mol. The van der Waals surface area contributed by atoms with Gasteiger partial charge in [0.05, 0.1) is 23.0 Å². The minimum atomic E-state index is -2.99. The van der Waals surface area contributed by atoms with E-state index in [0.717, 1.165) is 19.3 Å². The van der Waals surface area contributed by atoms with Crippen LogP contribution in [-0.2, 0) is 14.6 Å². The van der Waals surface area contributed by atoms with Crippen LogP contribution < -0.4 is 5.32 Å². The minimum Gasteiger partial charge on any atom is -0.349 e. The maximum absolute atomic E-state index is 11.9. The lowest BCUT2D eigenvalue weighted by atomic mass is 9.78. The number of nitrogens with one attached hydrogen (secondary N) is 1. The molecule has 0 bridgehead atoms. The topological polar surface area (TPSA) is 63.2 Å². The minimum absolute atomic E-state index is 0.00278. The van der Waals surface area contributed by atoms with Crippen molar-refractivity contribution in [3.05, 3.63) is 0 Å². The van der Waals surface area contributed by atoms with E-state index in [2.05, 4.69) is 5.32 Å². The van der Waals surface area contributed by atoms with Gasteiger partial charge in [-0.2, -0.15) is 0 Å². The van der Waals surface area contributed by atoms with Gasteiger partial charge in [0.25, 0.3) is 0 Å². The lowest BCUT2D eigenvalue weighted by Crippen LogP contribution is -2.56. The number of halogens is 1. The standard InChI is InChI=1S/C10H16ClNO3S/c11-7-10(3-1-4-10)12-9(13)8-2-5-16(14,15)6-8/h8H,1-7H2,(H,12,13). The van der Waals surface area contributed by atoms with Crippen molar-refractivity contribution in [3.63, 3.8) is 0 Å². The number of alkyl halides is 1. The summed E-state index contributed by atoms with van der Waals surface area (Å²) in [4.78, 5) is 11.9. The molecule has 1 saturated carbocycles. The van der Waals surface area contributed by atoms with E-state index >= 15 is 0 Å². The second-order valence-electron chi connectivity index (χ2n) is 4.86. The van der Waals surface area contributed by atoms with Crippen LogP contribution in [-0.4, -0.2) is 37.2 Å². The first-order valence-electron chi connectivity index (χ1n) is 5.55. The molecule has 1 atom stereocenters. The van der Waals surface area contributed by atoms with Crippen LogP contribution in [0.1, 0.15) is 25.7 Å². The Morgan fingerprint density at radius 3 is 2.50 bits per heavy atom. The molecule has 1 amide bonds. The zero-order valence-corrected chi connectivity index (χ0v) is 10.6. The van der Waals surface area contributed by atoms with Crippen molar-refractivity contribution >= 4 is 27.3 Å². The lowest BCUT2D eigenvalue weighted by Gasteiger charge is -2.41. The summed E-state index contributed by atoms with van der Waals surface area (Å²) in [6.45, 7) is 0. The smallest absolute Gasteiger partial charge is 0.224 e. The summed E-state index contributed by atoms with van der Waals surface area (Å²) in [5.74, 6) is 0.0427. The Hall–Kier alpha value is -0.290. The quantitative estimate of drug-likeness (QED) is 0.764. The monoisotopic (exact) mass is 265 g/mol. The molecule has 0 aromatic heterocycles. The largest absolute Gasteiger partial charge is 0.349 e. The number of carbonyl (C=O) groups excluding carboxylic acids is 1. The van der Waals surface area contributed by atoms with Crippen molar-refractivity contribution < 1.29 is 13.2 Å². The number of rotatable bonds is 3. The van der Waals surface area contributed by atoms with E-state index in [1.54, 1.807) is 0 Å². The molecule has 4 nitrogen and oxygen atoms in total. The molecule has 0 aromatic carbocycles. The highest BCUT2D eigenvalue weighted by molar-refractivity contribution is 7.91. The van der Waals surface area contributed by atoms with Gasteiger partial charge >= 0.3 is 0 Å². The van der Waals surface area contributed by atoms with Gasteiger partial charge in [-0.15, -0.1) is 11.6 Å². The molecule has 0 spiro atoms. The van der Waals surface area contributed by atoms with Gasteiger partial charge in [0.1, 0.15) is 0 Å². The third-order valence-corrected chi connectivity index (χ3v) is 5.84. The Morgan fingerprint density at radius 1 is 1.44 bits per heavy atom. The van der Waals surface area contributed by atoms with Crippen molar-refractivity contribution in [1.29, 1.82) is 0 Å². The van der Waals surface area contributed by atoms with E-state index in [0.29, 0.717) is 12.3 Å². The zero-order valence-electron chi connectivity index (χ0n) is 9.04. The predicted octanol–water partition coefficient (Wildman–Crippen LogP) is 0.699. The van der Waals surface area contributed by atoms with Gasteiger partial charge in [0, 0.05) is 5.88 Å². The number of hydrogen-bond donors (Lipinski definition) is 1. The molecule has 2 rings (SSSR count). The summed E-state index contributed by atoms with van der Waals surface area (Å²) in [7, 11) is -2.99. The summed E-state index contributed by atoms with van der Waals surface area (Å²) >= 11 is 5.83. The molecule has 2 fully saturated rings. The van der Waals surface area contributed by atoms with E-state index in [9.17, 15) is 13.2 Å². The molecular formula is C10H16ClNO3S. The van der Waals surface area contributed by atoms with Gasteiger partial charge in [-0.1, -0.05) is 0 Å². The van der Waals surface area contributed by atoms with E-state index in [1.165, 1.54) is 0 Å². The molecule has 92 valence electrons. The average Bonchev–Trinajstić information content (AvgIpc) is 2.52. The van der Waals surface area contributed by atoms with Gasteiger partial charge in [-0.3, -0.25) is 4.79 Å². The molecule has 16 heavy (non-hydrogen) atoms. The molecule has 1 heterocycles. The van der Waals surface area contributed by atoms with Crippen LogP contribution in [0.4, 0.5) is 0 Å². The molecule has 0 radical (unpaired) electrons. The molecule has 1 unspecified atom stereocenters. The summed E-state index contributed by atoms with van der Waals surface area (Å²) in [5, 5.41) is 2.92. The Labute approximate surface area is 101 Å². The van der Waals surface area contributed by atoms with Gasteiger partial charge in [-0.25, -0.2) is 8.42 Å². The fourth-order valence-electron chi connectivity index (χ4n) is 2.26. The van der Waals surface area contributed by atoms with Gasteiger partial charge < -0.3 is 5.32 Å². The van der Waals surface area contributed by atoms with E-state index in [1.807, 2.05) is 0 Å². The maximum atomic E-state index is 11.9. The van der Waals surface area contributed by atoms with E-state index in [4.69, 9.17) is 11.6 Å². The number of carbonyl (C=O) groups is 1. The second-order valence-corrected chi connectivity index (χ2v) is 7.35. The van der Waals surface area contributed by atoms with Crippen LogP contribution in [0.25, 0.3) is 0 Å². The van der Waals surface area contributed by atoms with Crippen LogP contribution in [0.3, 0.4) is 0 Å². The normalized spacial score (nSPS) is 30.7. The van der Waals surface area contributed by atoms with Crippen molar-refractivity contribution in [2.75, 3.05) is 17.4 Å². The predicted molar refractivity (Wildman–Crippen MR) is 62.2 cm³/mol. The number of amides is 1. The fourth-order valence-corrected chi connectivity index (χ4v) is 4.34. The van der Waals surface area contributed by atoms with Crippen LogP contribution in [0.5, 0.6) is 0 Å². The molecule has 1 aliphatic heterocycles. The second kappa shape index (κ2) is 4.18. The first kappa shape index (κ1) is 12.2. The molecule has 6 heteroatoms. The van der Waals surface area contributed by atoms with Crippen LogP contribution >= 0.6 is 11.6 Å². The Kier molecular flexibility index (Phi) is 3.18. The Balaban J connectivity index is 1.94. The van der Waals surface area contributed by atoms with Crippen LogP contribution in [0.15, 0.2) is 0 Å². The van der Waals surface area contributed by atoms with Crippen molar-refractivity contribution in [1.82, 2.24) is 5.32 Å². The molecule has 1 N–H and O–H groups in total. The number of hydrogen-bond acceptors (Lipinski definition) is 3. The highest BCUT2D eigenvalue weighted by atomic mass is 35.5. The van der Waals surface area contributed by atoms with Crippen LogP contribution in [0, 0.1) is 5.92 Å². The first-order chi connectivity index (χ1) is 7.46. The Bertz CT molecular complexity index is 383. The van der Waals surface area contributed by atoms with Crippen molar-refractivity contribution in [2.45, 2.75) is 31.2 Å². The third kappa shape index (κ3) is 2.35. The first-order valence-corrected chi connectivity index (χ1v) is 7.90. The summed E-state index contributed by atoms with van der Waals surface area (Å²) < 4.78 is 22.5. The molecule has 0 aromatic rings. The van der Waals surface area contributed by atoms with Gasteiger partial charge in [0.15, 0.2) is 9.84 Å². The SMILES string of the molecule is O=C(NC1(CCl)CCC1)C1CCS(=O)(=O)C1. The molecule has 1 aliphatic carbocycles. The third-order valence-electron chi connectivity index (χ3n) is 3.56. The van der Waals surface area contributed by atoms with E-state index < -0.39 is 9.84 Å². The molecule has 2 aliphatic rings. The zero-order chi connectivity index (χ0) is 11.8. The van der Waals surface area contributed by atoms with Gasteiger partial charge in [0.2, 0.25) is 5.91 Å². The van der Waals surface area contributed by atoms with Gasteiger partial charge in [-0.05, 0) is 25.7 Å². The number of sulfone groups is 1. The van der Waals surface area contributed by atoms with Crippen molar-refractivity contribution in [3.8, 4) is 0 Å². The summed E-state index contributed by atoms with van der Waals surface area (Å²) in [5.41, 5.74) is -0.259. The molecule has 1 saturated heterocycles. The molecular weight excluding hydrogens is 250 g/mol. The lowest BCUT2D eigenvalue weighted by molar-refractivity contribution is -0.127. The highest BCUT2D eigenvalue weighted by Gasteiger charge is 2.41. The highest BCUT2D eigenvalue weighted by Crippen LogP contribution is 2.33. The van der Waals surface area contributed by atoms with Crippen LogP contribution in [0.2, 0.25) is 0 Å². The Morgan fingerprint density at radius 2 is 2.12 bits per heavy atom. The maximum Gasteiger partial charge on any atom is 0.224 e. The van der Waals surface area contributed by atoms with E-state index in [-0.39, 0.29) is 28.9 Å². The summed E-state index contributed by atoms with van der Waals surface area (Å²) in [6.07, 6.45) is 3.34. The summed E-state index contributed by atoms with van der Waals surface area (Å²) in [6, 6.07) is 0. The fraction of sp³-hybridized carbons (Fsp3) is 0.900. The van der Waals surface area contributed by atoms with Crippen molar-refractivity contribution in [2.24, 2.45) is 5.92 Å².